The molecule has 0 amide bonds. The SMILES string of the molecule is C[C@]12C=CC(=O)C=C1[C@@H](F)C[C@H]1[C@@H]3C[C@H]4CN(CCCc5ccccc5)OC4[C@@]3(C)C[C@H](O)[C@@]12F. The van der Waals surface area contributed by atoms with E-state index >= 15 is 8.78 Å². The fraction of sp³-hybridized carbons (Fsp3) is 0.621. The maximum atomic E-state index is 17.1. The summed E-state index contributed by atoms with van der Waals surface area (Å²) in [6, 6.07) is 10.4. The summed E-state index contributed by atoms with van der Waals surface area (Å²) in [7, 11) is 0. The Labute approximate surface area is 206 Å². The largest absolute Gasteiger partial charge is 0.390 e. The molecule has 0 aromatic heterocycles. The molecule has 6 heteroatoms. The predicted molar refractivity (Wildman–Crippen MR) is 129 cm³/mol. The van der Waals surface area contributed by atoms with E-state index in [0.29, 0.717) is 0 Å². The van der Waals surface area contributed by atoms with E-state index in [2.05, 4.69) is 36.3 Å². The smallest absolute Gasteiger partial charge is 0.178 e. The first-order valence-electron chi connectivity index (χ1n) is 13.1. The molecule has 0 radical (unpaired) electrons. The molecule has 3 saturated carbocycles. The van der Waals surface area contributed by atoms with Crippen LogP contribution in [0.1, 0.15) is 45.1 Å². The number of fused-ring (bicyclic) bond motifs is 7. The zero-order valence-corrected chi connectivity index (χ0v) is 20.5. The summed E-state index contributed by atoms with van der Waals surface area (Å²) in [5.74, 6) is -0.747. The number of ketones is 1. The summed E-state index contributed by atoms with van der Waals surface area (Å²) in [4.78, 5) is 18.4. The molecule has 4 nitrogen and oxygen atoms in total. The molecular weight excluding hydrogens is 448 g/mol. The van der Waals surface area contributed by atoms with Crippen LogP contribution in [-0.4, -0.2) is 53.1 Å². The Morgan fingerprint density at radius 2 is 1.94 bits per heavy atom. The van der Waals surface area contributed by atoms with E-state index in [1.807, 2.05) is 6.07 Å². The van der Waals surface area contributed by atoms with Gasteiger partial charge in [-0.1, -0.05) is 43.3 Å². The molecule has 188 valence electrons. The number of carbonyl (C=O) groups excluding carboxylic acids is 1. The van der Waals surface area contributed by atoms with Gasteiger partial charge in [0.15, 0.2) is 11.5 Å². The van der Waals surface area contributed by atoms with Gasteiger partial charge in [0.05, 0.1) is 12.2 Å². The number of aliphatic hydroxyl groups excluding tert-OH is 1. The molecule has 1 unspecified atom stereocenters. The van der Waals surface area contributed by atoms with Gasteiger partial charge in [0, 0.05) is 35.8 Å². The van der Waals surface area contributed by atoms with Crippen LogP contribution in [0.5, 0.6) is 0 Å². The Kier molecular flexibility index (Phi) is 5.41. The molecule has 1 N–H and O–H groups in total. The number of carbonyl (C=O) groups is 1. The number of alkyl halides is 2. The molecule has 1 aromatic carbocycles. The lowest BCUT2D eigenvalue weighted by Gasteiger charge is -2.62. The number of hydrogen-bond donors (Lipinski definition) is 1. The molecule has 1 heterocycles. The first kappa shape index (κ1) is 23.5. The van der Waals surface area contributed by atoms with Crippen molar-refractivity contribution >= 4 is 5.78 Å². The molecule has 0 spiro atoms. The molecule has 6 rings (SSSR count). The third kappa shape index (κ3) is 3.29. The summed E-state index contributed by atoms with van der Waals surface area (Å²) in [5.41, 5.74) is -2.23. The Bertz CT molecular complexity index is 1070. The van der Waals surface area contributed by atoms with Gasteiger partial charge in [-0.25, -0.2) is 8.78 Å². The second-order valence-electron chi connectivity index (χ2n) is 11.9. The fourth-order valence-electron chi connectivity index (χ4n) is 8.43. The Hall–Kier alpha value is -1.89. The monoisotopic (exact) mass is 483 g/mol. The van der Waals surface area contributed by atoms with Crippen LogP contribution in [0.3, 0.4) is 0 Å². The number of aryl methyl sites for hydroxylation is 1. The van der Waals surface area contributed by atoms with Gasteiger partial charge in [-0.05, 0) is 68.2 Å². The maximum absolute atomic E-state index is 17.1. The lowest BCUT2D eigenvalue weighted by molar-refractivity contribution is -0.237. The number of halogens is 2. The van der Waals surface area contributed by atoms with Crippen LogP contribution in [0.4, 0.5) is 8.78 Å². The lowest BCUT2D eigenvalue weighted by atomic mass is 9.45. The second-order valence-corrected chi connectivity index (χ2v) is 11.9. The molecular formula is C29H35F2NO3. The van der Waals surface area contributed by atoms with Crippen molar-refractivity contribution in [2.75, 3.05) is 13.1 Å². The fourth-order valence-corrected chi connectivity index (χ4v) is 8.43. The van der Waals surface area contributed by atoms with Crippen LogP contribution in [0.15, 0.2) is 54.1 Å². The maximum Gasteiger partial charge on any atom is 0.178 e. The molecule has 4 fully saturated rings. The van der Waals surface area contributed by atoms with E-state index in [4.69, 9.17) is 4.84 Å². The van der Waals surface area contributed by atoms with Gasteiger partial charge in [-0.3, -0.25) is 9.63 Å². The highest BCUT2D eigenvalue weighted by atomic mass is 19.1. The molecule has 5 aliphatic rings. The number of nitrogens with zero attached hydrogens (tertiary/aromatic N) is 1. The van der Waals surface area contributed by atoms with Crippen molar-refractivity contribution < 1.29 is 23.5 Å². The molecule has 1 aliphatic heterocycles. The van der Waals surface area contributed by atoms with E-state index in [9.17, 15) is 9.90 Å². The minimum Gasteiger partial charge on any atom is -0.390 e. The van der Waals surface area contributed by atoms with Crippen LogP contribution in [-0.2, 0) is 16.1 Å². The highest BCUT2D eigenvalue weighted by molar-refractivity contribution is 6.01. The standard InChI is InChI=1S/C29H35F2NO3/c1-27-16-25(34)29(31)22(15-24(30)23-14-20(33)10-11-28(23,29)2)21(27)13-19-17-32(35-26(19)27)12-6-9-18-7-4-3-5-8-18/h3-5,7-8,10-11,14,19,21-22,24-26,34H,6,9,12-13,15-17H2,1-2H3/t19-,21-,22-,24-,25-,26?,27-,28-,29-/m0/s1. The van der Waals surface area contributed by atoms with Crippen molar-refractivity contribution in [2.24, 2.45) is 28.6 Å². The van der Waals surface area contributed by atoms with E-state index in [1.54, 1.807) is 6.92 Å². The van der Waals surface area contributed by atoms with Gasteiger partial charge in [0.1, 0.15) is 6.17 Å². The van der Waals surface area contributed by atoms with Crippen molar-refractivity contribution in [1.82, 2.24) is 5.06 Å². The highest BCUT2D eigenvalue weighted by Gasteiger charge is 2.73. The number of benzene rings is 1. The minimum atomic E-state index is -2.00. The number of rotatable bonds is 4. The molecule has 35 heavy (non-hydrogen) atoms. The second kappa shape index (κ2) is 8.06. The van der Waals surface area contributed by atoms with E-state index in [1.165, 1.54) is 23.8 Å². The third-order valence-corrected chi connectivity index (χ3v) is 10.1. The van der Waals surface area contributed by atoms with Gasteiger partial charge in [-0.2, -0.15) is 5.06 Å². The molecule has 4 aliphatic carbocycles. The number of hydroxylamine groups is 2. The molecule has 1 aromatic rings. The van der Waals surface area contributed by atoms with Crippen molar-refractivity contribution in [1.29, 1.82) is 0 Å². The quantitative estimate of drug-likeness (QED) is 0.670. The van der Waals surface area contributed by atoms with Gasteiger partial charge in [-0.15, -0.1) is 0 Å². The summed E-state index contributed by atoms with van der Waals surface area (Å²) in [6.45, 7) is 5.40. The first-order chi connectivity index (χ1) is 16.7. The summed E-state index contributed by atoms with van der Waals surface area (Å²) in [6.07, 6.45) is 4.43. The zero-order valence-electron chi connectivity index (χ0n) is 20.5. The van der Waals surface area contributed by atoms with Crippen LogP contribution < -0.4 is 0 Å². The summed E-state index contributed by atoms with van der Waals surface area (Å²) in [5, 5.41) is 13.4. The average molecular weight is 484 g/mol. The zero-order chi connectivity index (χ0) is 24.6. The van der Waals surface area contributed by atoms with Gasteiger partial charge >= 0.3 is 0 Å². The van der Waals surface area contributed by atoms with Crippen molar-refractivity contribution in [2.45, 2.75) is 70.0 Å². The minimum absolute atomic E-state index is 0.0105. The van der Waals surface area contributed by atoms with E-state index in [0.717, 1.165) is 32.4 Å². The molecule has 9 atom stereocenters. The Morgan fingerprint density at radius 1 is 1.17 bits per heavy atom. The number of allylic oxidation sites excluding steroid dienone is 4. The van der Waals surface area contributed by atoms with Gasteiger partial charge < -0.3 is 5.11 Å². The highest BCUT2D eigenvalue weighted by Crippen LogP contribution is 2.69. The number of aliphatic hydroxyl groups is 1. The van der Waals surface area contributed by atoms with E-state index < -0.39 is 34.7 Å². The van der Waals surface area contributed by atoms with Gasteiger partial charge in [0.2, 0.25) is 0 Å². The summed E-state index contributed by atoms with van der Waals surface area (Å²) < 4.78 is 32.6. The van der Waals surface area contributed by atoms with Crippen LogP contribution in [0, 0.1) is 28.6 Å². The van der Waals surface area contributed by atoms with E-state index in [-0.39, 0.29) is 42.1 Å². The third-order valence-electron chi connectivity index (χ3n) is 10.1. The van der Waals surface area contributed by atoms with Crippen LogP contribution in [0.25, 0.3) is 0 Å². The molecule has 1 saturated heterocycles. The first-order valence-corrected chi connectivity index (χ1v) is 13.1. The van der Waals surface area contributed by atoms with Gasteiger partial charge in [0.25, 0.3) is 0 Å². The molecule has 0 bridgehead atoms. The summed E-state index contributed by atoms with van der Waals surface area (Å²) >= 11 is 0. The normalized spacial score (nSPS) is 46.5. The van der Waals surface area contributed by atoms with Crippen molar-refractivity contribution in [3.05, 3.63) is 59.7 Å². The van der Waals surface area contributed by atoms with Crippen LogP contribution >= 0.6 is 0 Å². The topological polar surface area (TPSA) is 49.8 Å². The Morgan fingerprint density at radius 3 is 2.71 bits per heavy atom. The predicted octanol–water partition coefficient (Wildman–Crippen LogP) is 4.78. The Balaban J connectivity index is 1.21. The average Bonchev–Trinajstić information content (AvgIpc) is 3.35. The van der Waals surface area contributed by atoms with Crippen molar-refractivity contribution in [3.8, 4) is 0 Å². The number of hydrogen-bond acceptors (Lipinski definition) is 4. The lowest BCUT2D eigenvalue weighted by Crippen LogP contribution is -2.68. The van der Waals surface area contributed by atoms with Crippen molar-refractivity contribution in [3.63, 3.8) is 0 Å². The van der Waals surface area contributed by atoms with Crippen LogP contribution in [0.2, 0.25) is 0 Å².